The van der Waals surface area contributed by atoms with Gasteiger partial charge in [0.1, 0.15) is 18.5 Å². The molecular formula is C27H31FN4O2. The number of carbonyl (C=O) groups is 1. The summed E-state index contributed by atoms with van der Waals surface area (Å²) in [6.07, 6.45) is 6.19. The van der Waals surface area contributed by atoms with Gasteiger partial charge in [-0.2, -0.15) is 5.26 Å². The minimum atomic E-state index is -0.484. The third-order valence-corrected chi connectivity index (χ3v) is 5.42. The van der Waals surface area contributed by atoms with E-state index in [1.54, 1.807) is 25.3 Å². The number of hydrogen-bond donors (Lipinski definition) is 1. The van der Waals surface area contributed by atoms with Crippen LogP contribution in [-0.2, 0) is 0 Å². The number of allylic oxidation sites excluding steroid dienone is 2. The quantitative estimate of drug-likeness (QED) is 0.271. The number of anilines is 1. The smallest absolute Gasteiger partial charge is 0.174 e. The third kappa shape index (κ3) is 6.55. The van der Waals surface area contributed by atoms with Crippen molar-refractivity contribution in [3.05, 3.63) is 76.9 Å². The van der Waals surface area contributed by atoms with Crippen LogP contribution in [0.15, 0.2) is 53.8 Å². The van der Waals surface area contributed by atoms with Crippen molar-refractivity contribution in [2.24, 2.45) is 4.99 Å². The Morgan fingerprint density at radius 3 is 2.65 bits per heavy atom. The number of aryl methyl sites for hydroxylation is 1. The average Bonchev–Trinajstić information content (AvgIpc) is 2.82. The molecule has 2 rings (SSSR count). The van der Waals surface area contributed by atoms with Gasteiger partial charge in [0.05, 0.1) is 5.71 Å². The minimum absolute atomic E-state index is 0.0587. The molecule has 1 unspecified atom stereocenters. The van der Waals surface area contributed by atoms with Crippen LogP contribution in [0, 0.1) is 31.0 Å². The predicted octanol–water partition coefficient (Wildman–Crippen LogP) is 5.88. The third-order valence-electron chi connectivity index (χ3n) is 5.42. The molecule has 7 heteroatoms. The molecule has 2 aromatic carbocycles. The molecule has 0 aliphatic carbocycles. The fourth-order valence-corrected chi connectivity index (χ4v) is 3.53. The normalized spacial score (nSPS) is 12.9. The minimum Gasteiger partial charge on any atom is -0.476 e. The van der Waals surface area contributed by atoms with E-state index in [9.17, 15) is 9.18 Å². The van der Waals surface area contributed by atoms with Gasteiger partial charge in [-0.3, -0.25) is 9.79 Å². The van der Waals surface area contributed by atoms with E-state index in [-0.39, 0.29) is 18.5 Å². The monoisotopic (exact) mass is 462 g/mol. The van der Waals surface area contributed by atoms with E-state index in [4.69, 9.17) is 10.00 Å². The molecule has 0 radical (unpaired) electrons. The Labute approximate surface area is 201 Å². The summed E-state index contributed by atoms with van der Waals surface area (Å²) >= 11 is 0. The first-order valence-corrected chi connectivity index (χ1v) is 10.9. The summed E-state index contributed by atoms with van der Waals surface area (Å²) in [5, 5.41) is 12.1. The second-order valence-corrected chi connectivity index (χ2v) is 7.96. The maximum Gasteiger partial charge on any atom is 0.174 e. The Hall–Kier alpha value is -3.92. The number of aldehydes is 1. The fraction of sp³-hybridized carbons (Fsp3) is 0.296. The lowest BCUT2D eigenvalue weighted by molar-refractivity contribution is 0.112. The van der Waals surface area contributed by atoms with Crippen LogP contribution in [0.5, 0.6) is 5.75 Å². The van der Waals surface area contributed by atoms with Gasteiger partial charge >= 0.3 is 0 Å². The van der Waals surface area contributed by atoms with Crippen LogP contribution in [0.1, 0.15) is 47.8 Å². The average molecular weight is 463 g/mol. The molecule has 0 heterocycles. The van der Waals surface area contributed by atoms with Crippen LogP contribution >= 0.6 is 0 Å². The molecule has 178 valence electrons. The van der Waals surface area contributed by atoms with Crippen molar-refractivity contribution in [1.29, 1.82) is 5.26 Å². The van der Waals surface area contributed by atoms with E-state index >= 15 is 0 Å². The predicted molar refractivity (Wildman–Crippen MR) is 136 cm³/mol. The summed E-state index contributed by atoms with van der Waals surface area (Å²) in [6, 6.07) is 10.7. The fourth-order valence-electron chi connectivity index (χ4n) is 3.53. The lowest BCUT2D eigenvalue weighted by Gasteiger charge is -2.29. The van der Waals surface area contributed by atoms with Crippen molar-refractivity contribution in [2.75, 3.05) is 19.0 Å². The first kappa shape index (κ1) is 26.3. The zero-order valence-electron chi connectivity index (χ0n) is 20.5. The molecule has 0 aromatic heterocycles. The molecule has 1 N–H and O–H groups in total. The molecular weight excluding hydrogens is 431 g/mol. The molecule has 0 bridgehead atoms. The Morgan fingerprint density at radius 1 is 1.29 bits per heavy atom. The van der Waals surface area contributed by atoms with Crippen LogP contribution in [0.25, 0.3) is 5.57 Å². The number of nitrogens with one attached hydrogen (secondary N) is 1. The van der Waals surface area contributed by atoms with Crippen molar-refractivity contribution >= 4 is 23.3 Å². The summed E-state index contributed by atoms with van der Waals surface area (Å²) < 4.78 is 19.8. The second kappa shape index (κ2) is 12.4. The molecule has 0 aliphatic rings. The number of nitrogens with zero attached hydrogens (tertiary/aromatic N) is 3. The summed E-state index contributed by atoms with van der Waals surface area (Å²) in [7, 11) is 1.94. The number of halogens is 1. The van der Waals surface area contributed by atoms with Gasteiger partial charge in [-0.05, 0) is 87.3 Å². The van der Waals surface area contributed by atoms with Gasteiger partial charge in [-0.25, -0.2) is 4.39 Å². The largest absolute Gasteiger partial charge is 0.476 e. The van der Waals surface area contributed by atoms with Gasteiger partial charge in [0.25, 0.3) is 0 Å². The lowest BCUT2D eigenvalue weighted by Crippen LogP contribution is -2.40. The summed E-state index contributed by atoms with van der Waals surface area (Å²) in [5.41, 5.74) is 5.14. The molecule has 0 spiro atoms. The van der Waals surface area contributed by atoms with Gasteiger partial charge in [0.15, 0.2) is 18.2 Å². The van der Waals surface area contributed by atoms with E-state index in [0.717, 1.165) is 28.8 Å². The number of aliphatic imine (C=N–C) groups is 1. The maximum absolute atomic E-state index is 14.6. The van der Waals surface area contributed by atoms with Gasteiger partial charge in [0, 0.05) is 24.5 Å². The van der Waals surface area contributed by atoms with E-state index in [1.807, 2.05) is 70.1 Å². The summed E-state index contributed by atoms with van der Waals surface area (Å²) in [5.74, 6) is -0.425. The molecule has 0 fully saturated rings. The molecule has 34 heavy (non-hydrogen) atoms. The van der Waals surface area contributed by atoms with Crippen molar-refractivity contribution in [3.63, 3.8) is 0 Å². The highest BCUT2D eigenvalue weighted by molar-refractivity contribution is 5.90. The van der Waals surface area contributed by atoms with Crippen molar-refractivity contribution in [2.45, 2.75) is 40.8 Å². The van der Waals surface area contributed by atoms with Crippen LogP contribution in [-0.4, -0.2) is 36.7 Å². The van der Waals surface area contributed by atoms with Gasteiger partial charge < -0.3 is 15.0 Å². The number of carbonyl (C=O) groups excluding carboxylic acids is 1. The second-order valence-electron chi connectivity index (χ2n) is 7.96. The Morgan fingerprint density at radius 2 is 2.03 bits per heavy atom. The lowest BCUT2D eigenvalue weighted by atomic mass is 10.0. The van der Waals surface area contributed by atoms with Crippen LogP contribution < -0.4 is 10.1 Å². The molecule has 0 saturated heterocycles. The number of ether oxygens (including phenoxy) is 1. The first-order valence-electron chi connectivity index (χ1n) is 10.9. The van der Waals surface area contributed by atoms with E-state index in [2.05, 4.69) is 10.3 Å². The summed E-state index contributed by atoms with van der Waals surface area (Å²) in [6.45, 7) is 9.08. The van der Waals surface area contributed by atoms with E-state index in [0.29, 0.717) is 16.7 Å². The Kier molecular flexibility index (Phi) is 9.57. The molecule has 0 saturated carbocycles. The molecule has 2 aromatic rings. The zero-order chi connectivity index (χ0) is 25.3. The number of hydrogen-bond acceptors (Lipinski definition) is 6. The number of benzene rings is 2. The van der Waals surface area contributed by atoms with Crippen molar-refractivity contribution in [3.8, 4) is 11.8 Å². The highest BCUT2D eigenvalue weighted by atomic mass is 19.1. The van der Waals surface area contributed by atoms with Crippen LogP contribution in [0.3, 0.4) is 0 Å². The van der Waals surface area contributed by atoms with E-state index in [1.165, 1.54) is 6.07 Å². The van der Waals surface area contributed by atoms with Gasteiger partial charge in [0.2, 0.25) is 0 Å². The standard InChI is InChI=1S/C27H31FN4O2/c1-7-13-32(6)27(31-23-9-8-22(17-33)18(2)15-23)21(5)30-16-19(3)24-10-11-25(34-14-12-29)26(28)20(24)4/h7-11,13,15-17,27,31H,14H2,1-6H3/b13-7-,19-16+,30-21?. The zero-order valence-corrected chi connectivity index (χ0v) is 20.5. The van der Waals surface area contributed by atoms with Crippen LogP contribution in [0.4, 0.5) is 10.1 Å². The first-order chi connectivity index (χ1) is 16.2. The number of rotatable bonds is 10. The highest BCUT2D eigenvalue weighted by Crippen LogP contribution is 2.28. The van der Waals surface area contributed by atoms with Crippen molar-refractivity contribution < 1.29 is 13.9 Å². The topological polar surface area (TPSA) is 77.7 Å². The summed E-state index contributed by atoms with van der Waals surface area (Å²) in [4.78, 5) is 17.8. The van der Waals surface area contributed by atoms with E-state index < -0.39 is 5.82 Å². The number of nitriles is 1. The van der Waals surface area contributed by atoms with Gasteiger partial charge in [-0.1, -0.05) is 12.1 Å². The molecule has 0 aliphatic heterocycles. The molecule has 0 amide bonds. The Balaban J connectivity index is 2.34. The SMILES string of the molecule is C/C=C\N(C)C(Nc1ccc(C=O)c(C)c1)C(C)=N/C=C(\C)c1ccc(OCC#N)c(F)c1C. The maximum atomic E-state index is 14.6. The molecule has 6 nitrogen and oxygen atoms in total. The molecule has 1 atom stereocenters. The van der Waals surface area contributed by atoms with Crippen molar-refractivity contribution in [1.82, 2.24) is 4.90 Å². The van der Waals surface area contributed by atoms with Crippen LogP contribution in [0.2, 0.25) is 0 Å². The highest BCUT2D eigenvalue weighted by Gasteiger charge is 2.16. The Bertz CT molecular complexity index is 1160. The van der Waals surface area contributed by atoms with Gasteiger partial charge in [-0.15, -0.1) is 0 Å².